The van der Waals surface area contributed by atoms with Crippen molar-refractivity contribution in [3.8, 4) is 0 Å². The summed E-state index contributed by atoms with van der Waals surface area (Å²) in [5, 5.41) is 0. The Morgan fingerprint density at radius 2 is 1.82 bits per heavy atom. The van der Waals surface area contributed by atoms with E-state index in [-0.39, 0.29) is 11.6 Å². The van der Waals surface area contributed by atoms with Crippen molar-refractivity contribution in [1.82, 2.24) is 0 Å². The van der Waals surface area contributed by atoms with Crippen LogP contribution in [0.25, 0.3) is 0 Å². The van der Waals surface area contributed by atoms with Gasteiger partial charge in [-0.05, 0) is 27.7 Å². The van der Waals surface area contributed by atoms with Crippen LogP contribution in [0.5, 0.6) is 0 Å². The summed E-state index contributed by atoms with van der Waals surface area (Å²) < 4.78 is 15.4. The Bertz CT molecular complexity index is 249. The summed E-state index contributed by atoms with van der Waals surface area (Å²) in [5.74, 6) is 0. The van der Waals surface area contributed by atoms with Crippen molar-refractivity contribution in [3.63, 3.8) is 0 Å². The van der Waals surface area contributed by atoms with Gasteiger partial charge in [0.1, 0.15) is 11.8 Å². The average molecular weight is 247 g/mol. The summed E-state index contributed by atoms with van der Waals surface area (Å²) in [7, 11) is 0. The van der Waals surface area contributed by atoms with E-state index in [0.29, 0.717) is 13.2 Å². The highest BCUT2D eigenvalue weighted by Gasteiger charge is 2.41. The van der Waals surface area contributed by atoms with Gasteiger partial charge in [0.05, 0.1) is 13.2 Å². The molecule has 0 saturated carbocycles. The van der Waals surface area contributed by atoms with Gasteiger partial charge in [-0.2, -0.15) is 0 Å². The third-order valence-corrected chi connectivity index (χ3v) is 2.94. The van der Waals surface area contributed by atoms with E-state index >= 15 is 0 Å². The third kappa shape index (κ3) is 5.37. The van der Waals surface area contributed by atoms with E-state index in [4.69, 9.17) is 19.9 Å². The molecule has 0 aliphatic carbocycles. The van der Waals surface area contributed by atoms with Crippen molar-refractivity contribution in [2.24, 2.45) is 11.1 Å². The maximum Gasteiger partial charge on any atom is 0.508 e. The first-order valence-electron chi connectivity index (χ1n) is 5.85. The van der Waals surface area contributed by atoms with E-state index in [9.17, 15) is 4.79 Å². The Labute approximate surface area is 104 Å². The molecule has 17 heavy (non-hydrogen) atoms. The molecule has 0 aromatic rings. The van der Waals surface area contributed by atoms with E-state index in [2.05, 4.69) is 0 Å². The van der Waals surface area contributed by atoms with Crippen molar-refractivity contribution in [1.29, 1.82) is 0 Å². The van der Waals surface area contributed by atoms with Crippen LogP contribution in [0.3, 0.4) is 0 Å². The predicted molar refractivity (Wildman–Crippen MR) is 65.6 cm³/mol. The molecule has 0 radical (unpaired) electrons. The molecule has 5 nitrogen and oxygen atoms in total. The van der Waals surface area contributed by atoms with Gasteiger partial charge >= 0.3 is 6.16 Å². The maximum absolute atomic E-state index is 11.3. The molecule has 0 spiro atoms. The lowest BCUT2D eigenvalue weighted by atomic mass is 9.78. The standard InChI is InChI=1S/C12H25NO4/c1-7-15-10(14)17-12(5,6)11(3,4)8-16-9(2)13/h9H,7-8,13H2,1-6H3. The molecule has 5 heteroatoms. The zero-order valence-corrected chi connectivity index (χ0v) is 11.7. The van der Waals surface area contributed by atoms with Crippen molar-refractivity contribution >= 4 is 6.16 Å². The number of nitrogens with two attached hydrogens (primary N) is 1. The maximum atomic E-state index is 11.3. The zero-order chi connectivity index (χ0) is 13.7. The van der Waals surface area contributed by atoms with E-state index in [1.54, 1.807) is 13.8 Å². The van der Waals surface area contributed by atoms with Crippen LogP contribution < -0.4 is 5.73 Å². The highest BCUT2D eigenvalue weighted by atomic mass is 16.7. The summed E-state index contributed by atoms with van der Waals surface area (Å²) in [6, 6.07) is 0. The highest BCUT2D eigenvalue weighted by Crippen LogP contribution is 2.34. The SMILES string of the molecule is CCOC(=O)OC(C)(C)C(C)(C)COC(C)N. The second kappa shape index (κ2) is 6.21. The summed E-state index contributed by atoms with van der Waals surface area (Å²) in [6.45, 7) is 11.8. The van der Waals surface area contributed by atoms with E-state index in [1.165, 1.54) is 0 Å². The van der Waals surface area contributed by atoms with Crippen molar-refractivity contribution < 1.29 is 19.0 Å². The Hall–Kier alpha value is -0.810. The molecule has 0 amide bonds. The van der Waals surface area contributed by atoms with Crippen molar-refractivity contribution in [3.05, 3.63) is 0 Å². The highest BCUT2D eigenvalue weighted by molar-refractivity contribution is 5.60. The summed E-state index contributed by atoms with van der Waals surface area (Å²) >= 11 is 0. The van der Waals surface area contributed by atoms with Crippen LogP contribution in [0.4, 0.5) is 4.79 Å². The van der Waals surface area contributed by atoms with E-state index < -0.39 is 11.8 Å². The van der Waals surface area contributed by atoms with Crippen LogP contribution in [0.2, 0.25) is 0 Å². The topological polar surface area (TPSA) is 70.8 Å². The Balaban J connectivity index is 4.49. The van der Waals surface area contributed by atoms with Gasteiger partial charge in [-0.3, -0.25) is 0 Å². The molecule has 0 aromatic carbocycles. The van der Waals surface area contributed by atoms with Crippen molar-refractivity contribution in [2.75, 3.05) is 13.2 Å². The minimum absolute atomic E-state index is 0.297. The number of hydrogen-bond donors (Lipinski definition) is 1. The van der Waals surface area contributed by atoms with Gasteiger partial charge in [-0.1, -0.05) is 13.8 Å². The lowest BCUT2D eigenvalue weighted by Crippen LogP contribution is -2.47. The number of hydrogen-bond acceptors (Lipinski definition) is 5. The lowest BCUT2D eigenvalue weighted by molar-refractivity contribution is -0.113. The minimum atomic E-state index is -0.700. The number of rotatable bonds is 6. The van der Waals surface area contributed by atoms with Gasteiger partial charge in [0.2, 0.25) is 0 Å². The van der Waals surface area contributed by atoms with Gasteiger partial charge in [0.15, 0.2) is 0 Å². The third-order valence-electron chi connectivity index (χ3n) is 2.94. The molecule has 0 fully saturated rings. The average Bonchev–Trinajstić information content (AvgIpc) is 2.14. The molecule has 0 saturated heterocycles. The molecule has 0 aromatic heterocycles. The normalized spacial score (nSPS) is 14.3. The van der Waals surface area contributed by atoms with Crippen molar-refractivity contribution in [2.45, 2.75) is 53.4 Å². The molecule has 0 aliphatic rings. The minimum Gasteiger partial charge on any atom is -0.435 e. The largest absolute Gasteiger partial charge is 0.508 e. The molecule has 0 bridgehead atoms. The first-order chi connectivity index (χ1) is 7.62. The molecule has 1 atom stereocenters. The van der Waals surface area contributed by atoms with Gasteiger partial charge in [0, 0.05) is 5.41 Å². The Morgan fingerprint density at radius 3 is 2.24 bits per heavy atom. The van der Waals surface area contributed by atoms with Crippen LogP contribution in [0.15, 0.2) is 0 Å². The first-order valence-corrected chi connectivity index (χ1v) is 5.85. The van der Waals surface area contributed by atoms with Gasteiger partial charge in [0.25, 0.3) is 0 Å². The number of ether oxygens (including phenoxy) is 3. The molecule has 102 valence electrons. The van der Waals surface area contributed by atoms with Gasteiger partial charge in [-0.15, -0.1) is 0 Å². The van der Waals surface area contributed by atoms with Crippen LogP contribution >= 0.6 is 0 Å². The van der Waals surface area contributed by atoms with Crippen LogP contribution in [0, 0.1) is 5.41 Å². The lowest BCUT2D eigenvalue weighted by Gasteiger charge is -2.40. The Kier molecular flexibility index (Phi) is 5.92. The predicted octanol–water partition coefficient (Wildman–Crippen LogP) is 2.29. The molecule has 0 heterocycles. The number of carbonyl (C=O) groups excluding carboxylic acids is 1. The molecule has 0 rings (SSSR count). The second-order valence-electron chi connectivity index (χ2n) is 5.20. The summed E-state index contributed by atoms with van der Waals surface area (Å²) in [6.07, 6.45) is -1.00. The molecule has 1 unspecified atom stereocenters. The van der Waals surface area contributed by atoms with Gasteiger partial charge < -0.3 is 19.9 Å². The van der Waals surface area contributed by atoms with Crippen LogP contribution in [-0.4, -0.2) is 31.2 Å². The van der Waals surface area contributed by atoms with Crippen LogP contribution in [-0.2, 0) is 14.2 Å². The van der Waals surface area contributed by atoms with E-state index in [0.717, 1.165) is 0 Å². The molecular weight excluding hydrogens is 222 g/mol. The first kappa shape index (κ1) is 16.2. The van der Waals surface area contributed by atoms with E-state index in [1.807, 2.05) is 27.7 Å². The molecule has 2 N–H and O–H groups in total. The fourth-order valence-electron chi connectivity index (χ4n) is 1.01. The fraction of sp³-hybridized carbons (Fsp3) is 0.917. The summed E-state index contributed by atoms with van der Waals surface area (Å²) in [5.41, 5.74) is 4.47. The molecule has 0 aliphatic heterocycles. The smallest absolute Gasteiger partial charge is 0.435 e. The molecular formula is C12H25NO4. The monoisotopic (exact) mass is 247 g/mol. The van der Waals surface area contributed by atoms with Gasteiger partial charge in [-0.25, -0.2) is 4.79 Å². The quantitative estimate of drug-likeness (QED) is 0.576. The summed E-state index contributed by atoms with van der Waals surface area (Å²) in [4.78, 5) is 11.3. The second-order valence-corrected chi connectivity index (χ2v) is 5.20. The number of carbonyl (C=O) groups is 1. The zero-order valence-electron chi connectivity index (χ0n) is 11.7. The fourth-order valence-corrected chi connectivity index (χ4v) is 1.01. The van der Waals surface area contributed by atoms with Crippen LogP contribution in [0.1, 0.15) is 41.5 Å². The Morgan fingerprint density at radius 1 is 1.29 bits per heavy atom.